The molecule has 3 heteroatoms. The number of aliphatic hydroxyl groups is 1. The molecule has 0 saturated carbocycles. The Hall–Kier alpha value is -0.830. The summed E-state index contributed by atoms with van der Waals surface area (Å²) in [6.07, 6.45) is -0.226. The fraction of sp³-hybridized carbons (Fsp3) is 0.727. The Morgan fingerprint density at radius 2 is 1.93 bits per heavy atom. The van der Waals surface area contributed by atoms with Gasteiger partial charge in [-0.05, 0) is 19.8 Å². The Kier molecular flexibility index (Phi) is 5.46. The summed E-state index contributed by atoms with van der Waals surface area (Å²) in [5.74, 6) is -0.183. The van der Waals surface area contributed by atoms with Crippen molar-refractivity contribution < 1.29 is 14.6 Å². The molecule has 0 aromatic carbocycles. The van der Waals surface area contributed by atoms with Crippen molar-refractivity contribution >= 4 is 5.97 Å². The fourth-order valence-electron chi connectivity index (χ4n) is 1.03. The van der Waals surface area contributed by atoms with Crippen LogP contribution < -0.4 is 0 Å². The second-order valence-corrected chi connectivity index (χ2v) is 4.05. The van der Waals surface area contributed by atoms with Crippen molar-refractivity contribution in [3.8, 4) is 0 Å². The van der Waals surface area contributed by atoms with Gasteiger partial charge in [-0.25, -0.2) is 4.79 Å². The molecule has 2 atom stereocenters. The summed E-state index contributed by atoms with van der Waals surface area (Å²) >= 11 is 0. The van der Waals surface area contributed by atoms with E-state index in [0.29, 0.717) is 12.0 Å². The maximum absolute atomic E-state index is 11.2. The first-order valence-corrected chi connectivity index (χ1v) is 4.89. The highest BCUT2D eigenvalue weighted by atomic mass is 16.5. The molecule has 0 heterocycles. The first-order valence-electron chi connectivity index (χ1n) is 4.89. The van der Waals surface area contributed by atoms with Crippen molar-refractivity contribution in [2.75, 3.05) is 0 Å². The van der Waals surface area contributed by atoms with Gasteiger partial charge in [-0.1, -0.05) is 20.4 Å². The molecule has 0 bridgehead atoms. The number of carbonyl (C=O) groups is 1. The monoisotopic (exact) mass is 200 g/mol. The number of aliphatic hydroxyl groups excluding tert-OH is 1. The van der Waals surface area contributed by atoms with Crippen LogP contribution in [-0.4, -0.2) is 23.3 Å². The van der Waals surface area contributed by atoms with Crippen LogP contribution in [0.4, 0.5) is 0 Å². The zero-order valence-electron chi connectivity index (χ0n) is 9.41. The van der Waals surface area contributed by atoms with Gasteiger partial charge >= 0.3 is 5.97 Å². The van der Waals surface area contributed by atoms with Crippen molar-refractivity contribution in [1.82, 2.24) is 0 Å². The van der Waals surface area contributed by atoms with Crippen LogP contribution in [-0.2, 0) is 9.53 Å². The molecule has 0 aromatic heterocycles. The second kappa shape index (κ2) is 5.81. The Bertz CT molecular complexity index is 207. The molecule has 0 rings (SSSR count). The van der Waals surface area contributed by atoms with Gasteiger partial charge in [-0.2, -0.15) is 0 Å². The molecule has 0 fully saturated rings. The molecule has 0 radical (unpaired) electrons. The first-order chi connectivity index (χ1) is 6.34. The molecule has 0 saturated heterocycles. The molecule has 0 spiro atoms. The summed E-state index contributed by atoms with van der Waals surface area (Å²) in [6, 6.07) is 0. The van der Waals surface area contributed by atoms with Crippen molar-refractivity contribution in [1.29, 1.82) is 0 Å². The van der Waals surface area contributed by atoms with Gasteiger partial charge < -0.3 is 9.84 Å². The molecule has 2 unspecified atom stereocenters. The van der Waals surface area contributed by atoms with Gasteiger partial charge in [0.15, 0.2) is 0 Å². The molecule has 82 valence electrons. The number of ether oxygens (including phenoxy) is 1. The van der Waals surface area contributed by atoms with E-state index >= 15 is 0 Å². The van der Waals surface area contributed by atoms with E-state index in [1.165, 1.54) is 0 Å². The van der Waals surface area contributed by atoms with Gasteiger partial charge in [-0.3, -0.25) is 0 Å². The molecule has 3 nitrogen and oxygen atoms in total. The lowest BCUT2D eigenvalue weighted by atomic mass is 10.0. The van der Waals surface area contributed by atoms with E-state index in [4.69, 9.17) is 4.74 Å². The van der Waals surface area contributed by atoms with E-state index in [1.54, 1.807) is 13.8 Å². The number of rotatable bonds is 5. The van der Waals surface area contributed by atoms with E-state index in [2.05, 4.69) is 6.58 Å². The van der Waals surface area contributed by atoms with Gasteiger partial charge in [0.05, 0.1) is 6.10 Å². The number of esters is 1. The van der Waals surface area contributed by atoms with Gasteiger partial charge in [0.25, 0.3) is 0 Å². The summed E-state index contributed by atoms with van der Waals surface area (Å²) in [6.45, 7) is 10.7. The molecule has 0 aliphatic heterocycles. The van der Waals surface area contributed by atoms with Gasteiger partial charge in [-0.15, -0.1) is 0 Å². The van der Waals surface area contributed by atoms with Crippen LogP contribution in [0.2, 0.25) is 0 Å². The van der Waals surface area contributed by atoms with Crippen LogP contribution in [0.15, 0.2) is 12.2 Å². The summed E-state index contributed by atoms with van der Waals surface area (Å²) < 4.78 is 5.19. The van der Waals surface area contributed by atoms with E-state index in [9.17, 15) is 9.90 Å². The topological polar surface area (TPSA) is 46.5 Å². The summed E-state index contributed by atoms with van der Waals surface area (Å²) in [4.78, 5) is 11.2. The minimum Gasteiger partial charge on any atom is -0.459 e. The average molecular weight is 200 g/mol. The third kappa shape index (κ3) is 5.02. The first kappa shape index (κ1) is 13.2. The average Bonchev–Trinajstić information content (AvgIpc) is 2.01. The fourth-order valence-corrected chi connectivity index (χ4v) is 1.03. The van der Waals surface area contributed by atoms with E-state index < -0.39 is 6.10 Å². The lowest BCUT2D eigenvalue weighted by Gasteiger charge is -2.22. The number of hydrogen-bond acceptors (Lipinski definition) is 3. The normalized spacial score (nSPS) is 15.0. The molecule has 1 N–H and O–H groups in total. The third-order valence-corrected chi connectivity index (χ3v) is 1.92. The molecule has 0 aromatic rings. The Morgan fingerprint density at radius 1 is 1.43 bits per heavy atom. The largest absolute Gasteiger partial charge is 0.459 e. The lowest BCUT2D eigenvalue weighted by molar-refractivity contribution is -0.147. The summed E-state index contributed by atoms with van der Waals surface area (Å²) in [5, 5.41) is 9.21. The predicted octanol–water partition coefficient (Wildman–Crippen LogP) is 1.90. The highest BCUT2D eigenvalue weighted by Gasteiger charge is 2.20. The lowest BCUT2D eigenvalue weighted by Crippen LogP contribution is -2.27. The van der Waals surface area contributed by atoms with Crippen LogP contribution in [0.25, 0.3) is 0 Å². The zero-order valence-corrected chi connectivity index (χ0v) is 9.41. The highest BCUT2D eigenvalue weighted by molar-refractivity contribution is 5.87. The second-order valence-electron chi connectivity index (χ2n) is 4.05. The summed E-state index contributed by atoms with van der Waals surface area (Å²) in [5.41, 5.74) is 0.390. The Balaban J connectivity index is 4.23. The Morgan fingerprint density at radius 3 is 2.21 bits per heavy atom. The van der Waals surface area contributed by atoms with Gasteiger partial charge in [0, 0.05) is 12.0 Å². The third-order valence-electron chi connectivity index (χ3n) is 1.92. The van der Waals surface area contributed by atoms with Crippen LogP contribution in [0.5, 0.6) is 0 Å². The van der Waals surface area contributed by atoms with Crippen molar-refractivity contribution in [2.24, 2.45) is 5.92 Å². The number of carbonyl (C=O) groups excluding carboxylic acids is 1. The van der Waals surface area contributed by atoms with Crippen molar-refractivity contribution in [3.05, 3.63) is 12.2 Å². The summed E-state index contributed by atoms with van der Waals surface area (Å²) in [7, 11) is 0. The molecule has 0 aliphatic carbocycles. The minimum absolute atomic E-state index is 0.202. The Labute approximate surface area is 85.8 Å². The van der Waals surface area contributed by atoms with Crippen LogP contribution >= 0.6 is 0 Å². The van der Waals surface area contributed by atoms with Crippen molar-refractivity contribution in [3.63, 3.8) is 0 Å². The quantitative estimate of drug-likeness (QED) is 0.544. The SMILES string of the molecule is C=C(C)C(=O)OC(CC(C)O)C(C)C. The van der Waals surface area contributed by atoms with Crippen LogP contribution in [0.3, 0.4) is 0 Å². The molecular formula is C11H20O3. The maximum atomic E-state index is 11.2. The zero-order chi connectivity index (χ0) is 11.3. The van der Waals surface area contributed by atoms with Crippen LogP contribution in [0.1, 0.15) is 34.1 Å². The van der Waals surface area contributed by atoms with Crippen LogP contribution in [0, 0.1) is 5.92 Å². The maximum Gasteiger partial charge on any atom is 0.333 e. The van der Waals surface area contributed by atoms with E-state index in [1.807, 2.05) is 13.8 Å². The van der Waals surface area contributed by atoms with Gasteiger partial charge in [0.2, 0.25) is 0 Å². The molecule has 0 amide bonds. The molecule has 0 aliphatic rings. The molecular weight excluding hydrogens is 180 g/mol. The predicted molar refractivity (Wildman–Crippen MR) is 55.8 cm³/mol. The van der Waals surface area contributed by atoms with Crippen molar-refractivity contribution in [2.45, 2.75) is 46.3 Å². The van der Waals surface area contributed by atoms with E-state index in [0.717, 1.165) is 0 Å². The smallest absolute Gasteiger partial charge is 0.333 e. The molecule has 14 heavy (non-hydrogen) atoms. The number of hydrogen-bond donors (Lipinski definition) is 1. The minimum atomic E-state index is -0.458. The standard InChI is InChI=1S/C11H20O3/c1-7(2)10(6-9(5)12)14-11(13)8(3)4/h7,9-10,12H,3,6H2,1-2,4-5H3. The highest BCUT2D eigenvalue weighted by Crippen LogP contribution is 2.14. The van der Waals surface area contributed by atoms with Gasteiger partial charge in [0.1, 0.15) is 6.10 Å². The van der Waals surface area contributed by atoms with E-state index in [-0.39, 0.29) is 18.0 Å².